The third-order valence-corrected chi connectivity index (χ3v) is 5.98. The minimum atomic E-state index is -3.35. The largest absolute Gasteiger partial charge is 0.462 e. The Bertz CT molecular complexity index is 1140. The Labute approximate surface area is 172 Å². The lowest BCUT2D eigenvalue weighted by atomic mass is 10.1. The first-order valence-corrected chi connectivity index (χ1v) is 11.3. The predicted molar refractivity (Wildman–Crippen MR) is 111 cm³/mol. The molecule has 0 atom stereocenters. The molecule has 150 valence electrons. The first-order chi connectivity index (χ1) is 13.8. The number of hydrogen-bond acceptors (Lipinski definition) is 7. The number of nitrogens with one attached hydrogen (secondary N) is 1. The number of carbonyl (C=O) groups is 2. The van der Waals surface area contributed by atoms with E-state index in [9.17, 15) is 18.0 Å². The molecule has 1 N–H and O–H groups in total. The maximum Gasteiger partial charge on any atom is 0.350 e. The van der Waals surface area contributed by atoms with Crippen LogP contribution in [-0.4, -0.2) is 38.1 Å². The van der Waals surface area contributed by atoms with Crippen molar-refractivity contribution in [2.24, 2.45) is 0 Å². The second-order valence-electron chi connectivity index (χ2n) is 6.03. The molecule has 7 nitrogen and oxygen atoms in total. The van der Waals surface area contributed by atoms with E-state index in [0.717, 1.165) is 23.2 Å². The average molecular weight is 431 g/mol. The SMILES string of the molecule is CCOC(=O)c1sc(NC(=O)c2ccc(S(C)(=O)=O)cc2)nc1-c1ccccc1. The van der Waals surface area contributed by atoms with Crippen LogP contribution >= 0.6 is 11.3 Å². The van der Waals surface area contributed by atoms with Crippen LogP contribution in [0.5, 0.6) is 0 Å². The number of anilines is 1. The van der Waals surface area contributed by atoms with E-state index in [-0.39, 0.29) is 22.2 Å². The molecule has 0 saturated heterocycles. The summed E-state index contributed by atoms with van der Waals surface area (Å²) in [7, 11) is -3.35. The van der Waals surface area contributed by atoms with Gasteiger partial charge in [-0.3, -0.25) is 10.1 Å². The van der Waals surface area contributed by atoms with E-state index in [1.807, 2.05) is 30.3 Å². The smallest absolute Gasteiger partial charge is 0.350 e. The number of carbonyl (C=O) groups excluding carboxylic acids is 2. The lowest BCUT2D eigenvalue weighted by molar-refractivity contribution is 0.0532. The Kier molecular flexibility index (Phi) is 6.09. The number of aromatic nitrogens is 1. The van der Waals surface area contributed by atoms with Crippen LogP contribution in [-0.2, 0) is 14.6 Å². The summed E-state index contributed by atoms with van der Waals surface area (Å²) in [6, 6.07) is 14.7. The Morgan fingerprint density at radius 1 is 1.07 bits per heavy atom. The van der Waals surface area contributed by atoms with Crippen LogP contribution in [0, 0.1) is 0 Å². The number of benzene rings is 2. The molecule has 1 amide bonds. The molecule has 0 saturated carbocycles. The van der Waals surface area contributed by atoms with E-state index in [0.29, 0.717) is 10.6 Å². The van der Waals surface area contributed by atoms with Gasteiger partial charge in [0, 0.05) is 17.4 Å². The van der Waals surface area contributed by atoms with Crippen molar-refractivity contribution >= 4 is 38.2 Å². The van der Waals surface area contributed by atoms with Crippen LogP contribution in [0.1, 0.15) is 27.0 Å². The molecule has 2 aromatic carbocycles. The van der Waals surface area contributed by atoms with Crippen LogP contribution in [0.3, 0.4) is 0 Å². The number of esters is 1. The highest BCUT2D eigenvalue weighted by molar-refractivity contribution is 7.90. The summed E-state index contributed by atoms with van der Waals surface area (Å²) in [5.41, 5.74) is 1.42. The van der Waals surface area contributed by atoms with Crippen molar-refractivity contribution in [3.63, 3.8) is 0 Å². The van der Waals surface area contributed by atoms with Gasteiger partial charge in [0.25, 0.3) is 5.91 Å². The molecular formula is C20H18N2O5S2. The Morgan fingerprint density at radius 3 is 2.31 bits per heavy atom. The van der Waals surface area contributed by atoms with Crippen LogP contribution in [0.2, 0.25) is 0 Å². The van der Waals surface area contributed by atoms with E-state index >= 15 is 0 Å². The van der Waals surface area contributed by atoms with Gasteiger partial charge in [-0.25, -0.2) is 18.2 Å². The summed E-state index contributed by atoms with van der Waals surface area (Å²) >= 11 is 1.02. The molecule has 0 fully saturated rings. The molecule has 29 heavy (non-hydrogen) atoms. The Balaban J connectivity index is 1.89. The van der Waals surface area contributed by atoms with Crippen molar-refractivity contribution in [1.29, 1.82) is 0 Å². The minimum absolute atomic E-state index is 0.124. The topological polar surface area (TPSA) is 102 Å². The number of sulfone groups is 1. The third kappa shape index (κ3) is 4.87. The second-order valence-corrected chi connectivity index (χ2v) is 9.05. The molecule has 0 spiro atoms. The fourth-order valence-corrected chi connectivity index (χ4v) is 4.03. The van der Waals surface area contributed by atoms with Gasteiger partial charge in [-0.1, -0.05) is 41.7 Å². The molecular weight excluding hydrogens is 412 g/mol. The van der Waals surface area contributed by atoms with Crippen molar-refractivity contribution in [1.82, 2.24) is 4.98 Å². The van der Waals surface area contributed by atoms with Crippen LogP contribution in [0.15, 0.2) is 59.5 Å². The minimum Gasteiger partial charge on any atom is -0.462 e. The first-order valence-electron chi connectivity index (χ1n) is 8.64. The van der Waals surface area contributed by atoms with Crippen molar-refractivity contribution in [2.75, 3.05) is 18.2 Å². The zero-order chi connectivity index (χ0) is 21.0. The molecule has 9 heteroatoms. The van der Waals surface area contributed by atoms with E-state index in [1.54, 1.807) is 6.92 Å². The normalized spacial score (nSPS) is 11.1. The van der Waals surface area contributed by atoms with Crippen molar-refractivity contribution in [2.45, 2.75) is 11.8 Å². The van der Waals surface area contributed by atoms with Gasteiger partial charge in [0.15, 0.2) is 15.0 Å². The third-order valence-electron chi connectivity index (χ3n) is 3.90. The van der Waals surface area contributed by atoms with Gasteiger partial charge >= 0.3 is 5.97 Å². The fraction of sp³-hybridized carbons (Fsp3) is 0.150. The highest BCUT2D eigenvalue weighted by Gasteiger charge is 2.22. The average Bonchev–Trinajstić information content (AvgIpc) is 3.12. The molecule has 0 bridgehead atoms. The summed E-state index contributed by atoms with van der Waals surface area (Å²) in [5.74, 6) is -0.976. The zero-order valence-electron chi connectivity index (χ0n) is 15.7. The summed E-state index contributed by atoms with van der Waals surface area (Å²) < 4.78 is 28.2. The summed E-state index contributed by atoms with van der Waals surface area (Å²) in [6.07, 6.45) is 1.10. The predicted octanol–water partition coefficient (Wildman–Crippen LogP) is 3.64. The molecule has 0 unspecified atom stereocenters. The van der Waals surface area contributed by atoms with Gasteiger partial charge in [-0.2, -0.15) is 0 Å². The van der Waals surface area contributed by atoms with Crippen molar-refractivity contribution in [3.05, 3.63) is 65.0 Å². The second kappa shape index (κ2) is 8.54. The molecule has 1 aromatic heterocycles. The molecule has 0 aliphatic carbocycles. The molecule has 3 rings (SSSR count). The number of hydrogen-bond donors (Lipinski definition) is 1. The van der Waals surface area contributed by atoms with Gasteiger partial charge in [0.2, 0.25) is 0 Å². The van der Waals surface area contributed by atoms with Crippen molar-refractivity contribution < 1.29 is 22.7 Å². The highest BCUT2D eigenvalue weighted by atomic mass is 32.2. The first kappa shape index (κ1) is 20.7. The number of ether oxygens (including phenoxy) is 1. The van der Waals surface area contributed by atoms with E-state index in [2.05, 4.69) is 10.3 Å². The van der Waals surface area contributed by atoms with Gasteiger partial charge in [0.05, 0.1) is 17.2 Å². The fourth-order valence-electron chi connectivity index (χ4n) is 2.52. The molecule has 0 aliphatic rings. The standard InChI is InChI=1S/C20H18N2O5S2/c1-3-27-19(24)17-16(13-7-5-4-6-8-13)21-20(28-17)22-18(23)14-9-11-15(12-10-14)29(2,25)26/h4-12H,3H2,1-2H3,(H,21,22,23). The number of amides is 1. The van der Waals surface area contributed by atoms with Gasteiger partial charge < -0.3 is 4.74 Å². The van der Waals surface area contributed by atoms with E-state index in [1.165, 1.54) is 24.3 Å². The summed E-state index contributed by atoms with van der Waals surface area (Å²) in [5, 5.41) is 2.90. The molecule has 1 heterocycles. The highest BCUT2D eigenvalue weighted by Crippen LogP contribution is 2.32. The molecule has 3 aromatic rings. The summed E-state index contributed by atoms with van der Waals surface area (Å²) in [6.45, 7) is 1.93. The van der Waals surface area contributed by atoms with Crippen LogP contribution in [0.4, 0.5) is 5.13 Å². The monoisotopic (exact) mass is 430 g/mol. The van der Waals surface area contributed by atoms with Crippen molar-refractivity contribution in [3.8, 4) is 11.3 Å². The Hall–Kier alpha value is -3.04. The quantitative estimate of drug-likeness (QED) is 0.599. The summed E-state index contributed by atoms with van der Waals surface area (Å²) in [4.78, 5) is 29.6. The van der Waals surface area contributed by atoms with Gasteiger partial charge in [-0.15, -0.1) is 0 Å². The maximum atomic E-state index is 12.5. The Morgan fingerprint density at radius 2 is 1.72 bits per heavy atom. The number of nitrogens with zero attached hydrogens (tertiary/aromatic N) is 1. The van der Waals surface area contributed by atoms with Gasteiger partial charge in [0.1, 0.15) is 4.88 Å². The maximum absolute atomic E-state index is 12.5. The molecule has 0 radical (unpaired) electrons. The number of rotatable bonds is 6. The van der Waals surface area contributed by atoms with Crippen LogP contribution in [0.25, 0.3) is 11.3 Å². The zero-order valence-corrected chi connectivity index (χ0v) is 17.3. The lowest BCUT2D eigenvalue weighted by Crippen LogP contribution is -2.12. The molecule has 0 aliphatic heterocycles. The van der Waals surface area contributed by atoms with Crippen LogP contribution < -0.4 is 5.32 Å². The van der Waals surface area contributed by atoms with E-state index < -0.39 is 21.7 Å². The number of thiazole rings is 1. The lowest BCUT2D eigenvalue weighted by Gasteiger charge is -2.03. The van der Waals surface area contributed by atoms with E-state index in [4.69, 9.17) is 4.74 Å². The van der Waals surface area contributed by atoms with Gasteiger partial charge in [-0.05, 0) is 31.2 Å².